The molecule has 114 valence electrons. The Morgan fingerprint density at radius 3 is 2.26 bits per heavy atom. The van der Waals surface area contributed by atoms with Crippen LogP contribution in [0.25, 0.3) is 0 Å². The summed E-state index contributed by atoms with van der Waals surface area (Å²) in [6, 6.07) is 0. The Hall–Kier alpha value is -1.34. The number of hydrogen-bond donors (Lipinski definition) is 4. The Morgan fingerprint density at radius 2 is 1.84 bits per heavy atom. The number of hydrogen-bond acceptors (Lipinski definition) is 5. The predicted octanol–water partition coefficient (Wildman–Crippen LogP) is 1.81. The van der Waals surface area contributed by atoms with E-state index in [1.165, 1.54) is 0 Å². The molecule has 0 saturated carbocycles. The van der Waals surface area contributed by atoms with Crippen molar-refractivity contribution in [2.75, 3.05) is 6.61 Å². The highest BCUT2D eigenvalue weighted by molar-refractivity contribution is 5.69. The van der Waals surface area contributed by atoms with Gasteiger partial charge in [0.15, 0.2) is 6.29 Å². The fourth-order valence-corrected chi connectivity index (χ4v) is 1.19. The average molecular weight is 280 g/mol. The number of rotatable bonds is 3. The van der Waals surface area contributed by atoms with Crippen LogP contribution in [0.15, 0.2) is 0 Å². The molecule has 0 aromatic carbocycles. The van der Waals surface area contributed by atoms with Crippen molar-refractivity contribution < 1.29 is 34.8 Å². The molecule has 0 aliphatic carbocycles. The fraction of sp³-hybridized carbons (Fsp3) is 0.833. The lowest BCUT2D eigenvalue weighted by atomic mass is 10.2. The Bertz CT molecular complexity index is 214. The number of aliphatic hydroxyl groups is 2. The summed E-state index contributed by atoms with van der Waals surface area (Å²) >= 11 is 0. The molecule has 1 aliphatic rings. The van der Waals surface area contributed by atoms with Gasteiger partial charge in [0.25, 0.3) is 0 Å². The maximum atomic E-state index is 10.5. The monoisotopic (exact) mass is 280 g/mol. The van der Waals surface area contributed by atoms with E-state index in [2.05, 4.69) is 0 Å². The minimum absolute atomic E-state index is 0.0255. The second-order valence-corrected chi connectivity index (χ2v) is 3.94. The maximum absolute atomic E-state index is 10.5. The first-order valence-electron chi connectivity index (χ1n) is 6.33. The lowest BCUT2D eigenvalue weighted by Gasteiger charge is -1.97. The van der Waals surface area contributed by atoms with Crippen molar-refractivity contribution >= 4 is 12.1 Å². The largest absolute Gasteiger partial charge is 0.503 e. The summed E-state index contributed by atoms with van der Waals surface area (Å²) in [6.45, 7) is 2.65. The van der Waals surface area contributed by atoms with Gasteiger partial charge < -0.3 is 25.2 Å². The summed E-state index contributed by atoms with van der Waals surface area (Å²) in [5.41, 5.74) is 0. The standard InChI is InChI=1S/C6H10O2.C5H12O2.CH2O3/c7-6-4-2-1-3-5-8-6;1-2-3-4-5(6)7;2-1(3)4/h1-5H2;5-7H,2-4H2,1H3;(H2,2,3,4). The third-order valence-corrected chi connectivity index (χ3v) is 2.10. The van der Waals surface area contributed by atoms with E-state index in [0.717, 1.165) is 32.1 Å². The number of unbranched alkanes of at least 4 members (excludes halogenated alkanes) is 1. The third kappa shape index (κ3) is 26.3. The first-order valence-corrected chi connectivity index (χ1v) is 6.33. The van der Waals surface area contributed by atoms with Crippen LogP contribution in [-0.2, 0) is 9.53 Å². The van der Waals surface area contributed by atoms with Gasteiger partial charge in [-0.05, 0) is 32.1 Å². The SMILES string of the molecule is CCCCC(O)O.O=C(O)O.O=C1CCCCCO1. The molecule has 1 fully saturated rings. The number of carbonyl (C=O) groups excluding carboxylic acids is 1. The first kappa shape index (κ1) is 20.0. The molecule has 19 heavy (non-hydrogen) atoms. The van der Waals surface area contributed by atoms with Crippen molar-refractivity contribution in [1.82, 2.24) is 0 Å². The van der Waals surface area contributed by atoms with Crippen molar-refractivity contribution in [2.45, 2.75) is 58.2 Å². The van der Waals surface area contributed by atoms with Crippen molar-refractivity contribution in [3.63, 3.8) is 0 Å². The van der Waals surface area contributed by atoms with Crippen molar-refractivity contribution in [2.24, 2.45) is 0 Å². The van der Waals surface area contributed by atoms with Crippen LogP contribution < -0.4 is 0 Å². The van der Waals surface area contributed by atoms with Crippen molar-refractivity contribution in [1.29, 1.82) is 0 Å². The molecular formula is C12H24O7. The minimum atomic E-state index is -1.83. The number of esters is 1. The molecule has 0 bridgehead atoms. The van der Waals surface area contributed by atoms with E-state index < -0.39 is 12.4 Å². The Labute approximate surface area is 112 Å². The van der Waals surface area contributed by atoms with Gasteiger partial charge in [-0.1, -0.05) is 13.3 Å². The van der Waals surface area contributed by atoms with Crippen LogP contribution in [0, 0.1) is 0 Å². The molecule has 1 aliphatic heterocycles. The second kappa shape index (κ2) is 14.7. The normalized spacial score (nSPS) is 14.2. The van der Waals surface area contributed by atoms with Crippen LogP contribution in [0.2, 0.25) is 0 Å². The van der Waals surface area contributed by atoms with Gasteiger partial charge in [0.1, 0.15) is 0 Å². The summed E-state index contributed by atoms with van der Waals surface area (Å²) < 4.78 is 4.76. The molecule has 1 heterocycles. The topological polar surface area (TPSA) is 124 Å². The van der Waals surface area contributed by atoms with Gasteiger partial charge in [-0.2, -0.15) is 0 Å². The Morgan fingerprint density at radius 1 is 1.26 bits per heavy atom. The van der Waals surface area contributed by atoms with Gasteiger partial charge in [0.05, 0.1) is 6.61 Å². The smallest absolute Gasteiger partial charge is 0.466 e. The zero-order chi connectivity index (χ0) is 15.1. The van der Waals surface area contributed by atoms with Gasteiger partial charge >= 0.3 is 12.1 Å². The van der Waals surface area contributed by atoms with Crippen LogP contribution in [0.5, 0.6) is 0 Å². The Balaban J connectivity index is 0. The highest BCUT2D eigenvalue weighted by Crippen LogP contribution is 2.06. The number of cyclic esters (lactones) is 1. The van der Waals surface area contributed by atoms with E-state index in [9.17, 15) is 4.79 Å². The van der Waals surface area contributed by atoms with Gasteiger partial charge in [0.2, 0.25) is 0 Å². The molecule has 0 spiro atoms. The molecule has 1 saturated heterocycles. The molecule has 0 aromatic heterocycles. The lowest BCUT2D eigenvalue weighted by Crippen LogP contribution is -2.02. The van der Waals surface area contributed by atoms with E-state index in [1.54, 1.807) is 0 Å². The molecule has 0 unspecified atom stereocenters. The van der Waals surface area contributed by atoms with Crippen molar-refractivity contribution in [3.8, 4) is 0 Å². The van der Waals surface area contributed by atoms with E-state index >= 15 is 0 Å². The van der Waals surface area contributed by atoms with E-state index in [0.29, 0.717) is 19.4 Å². The molecule has 4 N–H and O–H groups in total. The number of aliphatic hydroxyl groups excluding tert-OH is 1. The van der Waals surface area contributed by atoms with E-state index in [4.69, 9.17) is 30.0 Å². The average Bonchev–Trinajstić information content (AvgIpc) is 2.54. The molecule has 1 rings (SSSR count). The summed E-state index contributed by atoms with van der Waals surface area (Å²) in [4.78, 5) is 19.0. The lowest BCUT2D eigenvalue weighted by molar-refractivity contribution is -0.142. The molecule has 7 nitrogen and oxygen atoms in total. The maximum Gasteiger partial charge on any atom is 0.503 e. The number of carbonyl (C=O) groups is 2. The van der Waals surface area contributed by atoms with Crippen LogP contribution in [0.4, 0.5) is 4.79 Å². The summed E-state index contributed by atoms with van der Waals surface area (Å²) in [6.07, 6.45) is 3.34. The highest BCUT2D eigenvalue weighted by Gasteiger charge is 2.05. The van der Waals surface area contributed by atoms with Crippen LogP contribution in [0.3, 0.4) is 0 Å². The zero-order valence-corrected chi connectivity index (χ0v) is 11.2. The second-order valence-electron chi connectivity index (χ2n) is 3.94. The molecule has 0 radical (unpaired) electrons. The Kier molecular flexibility index (Phi) is 15.5. The van der Waals surface area contributed by atoms with Gasteiger partial charge in [0, 0.05) is 6.42 Å². The van der Waals surface area contributed by atoms with Gasteiger partial charge in [-0.3, -0.25) is 4.79 Å². The van der Waals surface area contributed by atoms with E-state index in [1.807, 2.05) is 6.92 Å². The summed E-state index contributed by atoms with van der Waals surface area (Å²) in [7, 11) is 0. The fourth-order valence-electron chi connectivity index (χ4n) is 1.19. The van der Waals surface area contributed by atoms with Crippen LogP contribution in [-0.4, -0.2) is 45.4 Å². The first-order chi connectivity index (χ1) is 8.90. The molecule has 7 heteroatoms. The van der Waals surface area contributed by atoms with E-state index in [-0.39, 0.29) is 5.97 Å². The van der Waals surface area contributed by atoms with Crippen LogP contribution >= 0.6 is 0 Å². The number of ether oxygens (including phenoxy) is 1. The molecule has 0 aromatic rings. The van der Waals surface area contributed by atoms with Gasteiger partial charge in [-0.25, -0.2) is 4.79 Å². The highest BCUT2D eigenvalue weighted by atomic mass is 16.6. The minimum Gasteiger partial charge on any atom is -0.466 e. The molecule has 0 amide bonds. The van der Waals surface area contributed by atoms with Crippen molar-refractivity contribution in [3.05, 3.63) is 0 Å². The molecule has 0 atom stereocenters. The quantitative estimate of drug-likeness (QED) is 0.459. The zero-order valence-electron chi connectivity index (χ0n) is 11.2. The van der Waals surface area contributed by atoms with Gasteiger partial charge in [-0.15, -0.1) is 0 Å². The molecular weight excluding hydrogens is 256 g/mol. The summed E-state index contributed by atoms with van der Waals surface area (Å²) in [5.74, 6) is -0.0255. The van der Waals surface area contributed by atoms with Crippen LogP contribution in [0.1, 0.15) is 51.9 Å². The third-order valence-electron chi connectivity index (χ3n) is 2.10. The summed E-state index contributed by atoms with van der Waals surface area (Å²) in [5, 5.41) is 30.4. The predicted molar refractivity (Wildman–Crippen MR) is 67.8 cm³/mol. The number of carboxylic acid groups (broad SMARTS) is 2.